The number of nitrogens with zero attached hydrogens (tertiary/aromatic N) is 2. The Kier molecular flexibility index (Phi) is 3.35. The first-order valence-electron chi connectivity index (χ1n) is 7.56. The number of hydrogen-bond donors (Lipinski definition) is 2. The summed E-state index contributed by atoms with van der Waals surface area (Å²) in [6.07, 6.45) is 0. The number of fused-ring (bicyclic) bond motifs is 2. The normalized spacial score (nSPS) is 11.5. The Hall–Kier alpha value is -3.40. The van der Waals surface area contributed by atoms with Gasteiger partial charge in [0, 0.05) is 5.39 Å². The quantitative estimate of drug-likeness (QED) is 0.458. The molecule has 4 rings (SSSR count). The highest BCUT2D eigenvalue weighted by Crippen LogP contribution is 2.38. The molecule has 24 heavy (non-hydrogen) atoms. The molecule has 116 valence electrons. The Morgan fingerprint density at radius 3 is 2.33 bits per heavy atom. The molecule has 4 nitrogen and oxygen atoms in total. The van der Waals surface area contributed by atoms with Crippen LogP contribution >= 0.6 is 0 Å². The molecule has 0 radical (unpaired) electrons. The topological polar surface area (TPSA) is 65.2 Å². The maximum atomic E-state index is 10.1. The van der Waals surface area contributed by atoms with E-state index in [4.69, 9.17) is 0 Å². The van der Waals surface area contributed by atoms with Crippen LogP contribution in [0.1, 0.15) is 0 Å². The van der Waals surface area contributed by atoms with Crippen molar-refractivity contribution in [2.24, 2.45) is 10.2 Å². The van der Waals surface area contributed by atoms with Crippen molar-refractivity contribution >= 4 is 32.9 Å². The van der Waals surface area contributed by atoms with Crippen LogP contribution in [0.2, 0.25) is 0 Å². The van der Waals surface area contributed by atoms with Crippen LogP contribution in [0.15, 0.2) is 83.0 Å². The van der Waals surface area contributed by atoms with Gasteiger partial charge in [-0.1, -0.05) is 42.5 Å². The zero-order valence-corrected chi connectivity index (χ0v) is 12.7. The third kappa shape index (κ3) is 2.44. The minimum atomic E-state index is 0.0656. The van der Waals surface area contributed by atoms with Gasteiger partial charge in [-0.25, -0.2) is 0 Å². The van der Waals surface area contributed by atoms with Crippen molar-refractivity contribution in [3.05, 3.63) is 72.8 Å². The van der Waals surface area contributed by atoms with Gasteiger partial charge in [0.1, 0.15) is 11.5 Å². The molecule has 4 heteroatoms. The van der Waals surface area contributed by atoms with E-state index in [1.54, 1.807) is 30.3 Å². The van der Waals surface area contributed by atoms with Crippen LogP contribution in [0.4, 0.5) is 11.4 Å². The zero-order chi connectivity index (χ0) is 16.5. The van der Waals surface area contributed by atoms with E-state index in [0.29, 0.717) is 16.5 Å². The monoisotopic (exact) mass is 314 g/mol. The largest absolute Gasteiger partial charge is 0.507 e. The van der Waals surface area contributed by atoms with Gasteiger partial charge < -0.3 is 10.2 Å². The van der Waals surface area contributed by atoms with Crippen LogP contribution in [0.5, 0.6) is 11.5 Å². The average Bonchev–Trinajstić information content (AvgIpc) is 2.61. The summed E-state index contributed by atoms with van der Waals surface area (Å²) < 4.78 is 0. The molecule has 0 aliphatic heterocycles. The summed E-state index contributed by atoms with van der Waals surface area (Å²) in [5, 5.41) is 31.9. The van der Waals surface area contributed by atoms with Gasteiger partial charge in [0.2, 0.25) is 0 Å². The van der Waals surface area contributed by atoms with Gasteiger partial charge in [-0.05, 0) is 41.1 Å². The zero-order valence-electron chi connectivity index (χ0n) is 12.7. The molecule has 0 heterocycles. The molecule has 4 aromatic rings. The van der Waals surface area contributed by atoms with E-state index in [9.17, 15) is 10.2 Å². The number of rotatable bonds is 2. The third-order valence-electron chi connectivity index (χ3n) is 3.98. The average molecular weight is 314 g/mol. The number of phenols is 2. The van der Waals surface area contributed by atoms with E-state index in [2.05, 4.69) is 10.2 Å². The lowest BCUT2D eigenvalue weighted by Crippen LogP contribution is -1.77. The highest BCUT2D eigenvalue weighted by molar-refractivity contribution is 6.00. The molecule has 0 aliphatic carbocycles. The Balaban J connectivity index is 1.80. The van der Waals surface area contributed by atoms with Crippen LogP contribution < -0.4 is 0 Å². The minimum Gasteiger partial charge on any atom is -0.507 e. The summed E-state index contributed by atoms with van der Waals surface area (Å²) in [4.78, 5) is 0. The van der Waals surface area contributed by atoms with Crippen molar-refractivity contribution in [1.29, 1.82) is 0 Å². The molecule has 0 saturated heterocycles. The predicted molar refractivity (Wildman–Crippen MR) is 95.4 cm³/mol. The van der Waals surface area contributed by atoms with Gasteiger partial charge in [0.25, 0.3) is 0 Å². The van der Waals surface area contributed by atoms with Crippen molar-refractivity contribution in [3.63, 3.8) is 0 Å². The molecule has 0 aromatic heterocycles. The molecule has 0 amide bonds. The lowest BCUT2D eigenvalue weighted by molar-refractivity contribution is 0.475. The molecule has 0 atom stereocenters. The Morgan fingerprint density at radius 2 is 1.46 bits per heavy atom. The summed E-state index contributed by atoms with van der Waals surface area (Å²) in [6.45, 7) is 0. The first-order valence-corrected chi connectivity index (χ1v) is 7.56. The predicted octanol–water partition coefficient (Wildman–Crippen LogP) is 5.82. The second-order valence-corrected chi connectivity index (χ2v) is 5.53. The first-order chi connectivity index (χ1) is 11.7. The summed E-state index contributed by atoms with van der Waals surface area (Å²) in [7, 11) is 0. The van der Waals surface area contributed by atoms with Gasteiger partial charge in [-0.2, -0.15) is 5.11 Å². The van der Waals surface area contributed by atoms with Crippen LogP contribution in [0.3, 0.4) is 0 Å². The summed E-state index contributed by atoms with van der Waals surface area (Å²) in [5.41, 5.74) is 1.24. The smallest absolute Gasteiger partial charge is 0.125 e. The molecule has 0 saturated carbocycles. The molecule has 0 aliphatic rings. The SMILES string of the molecule is Oc1ccc(N=Nc2ccc3ccccc3c2)c2c(O)cccc12. The Morgan fingerprint density at radius 1 is 0.625 bits per heavy atom. The lowest BCUT2D eigenvalue weighted by Gasteiger charge is -2.05. The molecule has 0 unspecified atom stereocenters. The van der Waals surface area contributed by atoms with E-state index < -0.39 is 0 Å². The number of benzene rings is 4. The standard InChI is InChI=1S/C20H14N2O2/c23-18-11-10-17(20-16(18)6-3-7-19(20)24)22-21-15-9-8-13-4-1-2-5-14(13)12-15/h1-12,23-24H. The van der Waals surface area contributed by atoms with Crippen LogP contribution in [-0.2, 0) is 0 Å². The fraction of sp³-hybridized carbons (Fsp3) is 0. The van der Waals surface area contributed by atoms with Gasteiger partial charge in [-0.3, -0.25) is 0 Å². The summed E-state index contributed by atoms with van der Waals surface area (Å²) in [6, 6.07) is 22.1. The Labute approximate surface area is 138 Å². The van der Waals surface area contributed by atoms with Gasteiger partial charge in [0.05, 0.1) is 16.8 Å². The van der Waals surface area contributed by atoms with E-state index in [1.807, 2.05) is 42.5 Å². The molecular weight excluding hydrogens is 300 g/mol. The third-order valence-corrected chi connectivity index (χ3v) is 3.98. The fourth-order valence-corrected chi connectivity index (χ4v) is 2.79. The van der Waals surface area contributed by atoms with Gasteiger partial charge >= 0.3 is 0 Å². The fourth-order valence-electron chi connectivity index (χ4n) is 2.79. The van der Waals surface area contributed by atoms with Crippen molar-refractivity contribution < 1.29 is 10.2 Å². The van der Waals surface area contributed by atoms with Crippen molar-refractivity contribution in [2.75, 3.05) is 0 Å². The van der Waals surface area contributed by atoms with E-state index in [1.165, 1.54) is 0 Å². The second kappa shape index (κ2) is 5.66. The van der Waals surface area contributed by atoms with Crippen LogP contribution in [-0.4, -0.2) is 10.2 Å². The molecular formula is C20H14N2O2. The van der Waals surface area contributed by atoms with E-state index in [0.717, 1.165) is 16.5 Å². The van der Waals surface area contributed by atoms with Gasteiger partial charge in [-0.15, -0.1) is 5.11 Å². The molecule has 2 N–H and O–H groups in total. The highest BCUT2D eigenvalue weighted by Gasteiger charge is 2.09. The molecule has 0 bridgehead atoms. The first kappa shape index (κ1) is 14.2. The molecule has 0 spiro atoms. The molecule has 4 aromatic carbocycles. The second-order valence-electron chi connectivity index (χ2n) is 5.53. The summed E-state index contributed by atoms with van der Waals surface area (Å²) in [5.74, 6) is 0.168. The van der Waals surface area contributed by atoms with Crippen molar-refractivity contribution in [3.8, 4) is 11.5 Å². The summed E-state index contributed by atoms with van der Waals surface area (Å²) >= 11 is 0. The maximum absolute atomic E-state index is 10.1. The highest BCUT2D eigenvalue weighted by atomic mass is 16.3. The number of hydrogen-bond acceptors (Lipinski definition) is 4. The number of azo groups is 1. The number of aromatic hydroxyl groups is 2. The van der Waals surface area contributed by atoms with Crippen LogP contribution in [0.25, 0.3) is 21.5 Å². The Bertz CT molecular complexity index is 1090. The van der Waals surface area contributed by atoms with Gasteiger partial charge in [0.15, 0.2) is 0 Å². The van der Waals surface area contributed by atoms with Crippen LogP contribution in [0, 0.1) is 0 Å². The van der Waals surface area contributed by atoms with E-state index in [-0.39, 0.29) is 11.5 Å². The van der Waals surface area contributed by atoms with Crippen molar-refractivity contribution in [1.82, 2.24) is 0 Å². The molecule has 0 fully saturated rings. The van der Waals surface area contributed by atoms with Crippen molar-refractivity contribution in [2.45, 2.75) is 0 Å². The minimum absolute atomic E-state index is 0.0656. The number of phenolic OH excluding ortho intramolecular Hbond substituents is 2. The maximum Gasteiger partial charge on any atom is 0.125 e. The lowest BCUT2D eigenvalue weighted by atomic mass is 10.1. The van der Waals surface area contributed by atoms with E-state index >= 15 is 0 Å².